The molecular weight excluding hydrogens is 440 g/mol. The Labute approximate surface area is 207 Å². The molecular formula is C29H34N2O2S. The topological polar surface area (TPSA) is 49.4 Å². The van der Waals surface area contributed by atoms with Gasteiger partial charge >= 0.3 is 0 Å². The van der Waals surface area contributed by atoms with Crippen molar-refractivity contribution in [3.8, 4) is 0 Å². The van der Waals surface area contributed by atoms with Crippen LogP contribution in [-0.4, -0.2) is 34.0 Å². The summed E-state index contributed by atoms with van der Waals surface area (Å²) in [4.78, 5) is 28.8. The highest BCUT2D eigenvalue weighted by Crippen LogP contribution is 2.19. The number of amides is 2. The fourth-order valence-corrected chi connectivity index (χ4v) is 4.57. The van der Waals surface area contributed by atoms with Crippen molar-refractivity contribution in [3.05, 3.63) is 108 Å². The molecule has 0 heterocycles. The van der Waals surface area contributed by atoms with Gasteiger partial charge in [-0.25, -0.2) is 0 Å². The molecule has 0 aromatic heterocycles. The number of benzene rings is 3. The van der Waals surface area contributed by atoms with Gasteiger partial charge in [0.1, 0.15) is 6.04 Å². The summed E-state index contributed by atoms with van der Waals surface area (Å²) in [5.41, 5.74) is 2.82. The SMILES string of the molecule is CC(C)(C)NC(=O)[C@@H](Cc1ccccc1)N(Cc1ccccc1)C(=O)CSCc1ccccc1. The first kappa shape index (κ1) is 25.6. The molecule has 0 radical (unpaired) electrons. The van der Waals surface area contributed by atoms with Gasteiger partial charge in [0.25, 0.3) is 0 Å². The molecule has 3 rings (SSSR count). The van der Waals surface area contributed by atoms with Crippen LogP contribution in [0, 0.1) is 0 Å². The third kappa shape index (κ3) is 8.38. The summed E-state index contributed by atoms with van der Waals surface area (Å²) in [6.45, 7) is 6.28. The maximum absolute atomic E-state index is 13.6. The summed E-state index contributed by atoms with van der Waals surface area (Å²) < 4.78 is 0. The summed E-state index contributed by atoms with van der Waals surface area (Å²) in [6, 6.07) is 29.3. The fraction of sp³-hybridized carbons (Fsp3) is 0.310. The average molecular weight is 475 g/mol. The van der Waals surface area contributed by atoms with Crippen LogP contribution in [0.1, 0.15) is 37.5 Å². The van der Waals surface area contributed by atoms with E-state index in [0.717, 1.165) is 16.9 Å². The molecule has 1 N–H and O–H groups in total. The maximum Gasteiger partial charge on any atom is 0.243 e. The molecule has 3 aromatic carbocycles. The van der Waals surface area contributed by atoms with Gasteiger partial charge in [-0.2, -0.15) is 0 Å². The molecule has 1 atom stereocenters. The Morgan fingerprint density at radius 1 is 0.794 bits per heavy atom. The first-order valence-electron chi connectivity index (χ1n) is 11.6. The van der Waals surface area contributed by atoms with Crippen molar-refractivity contribution in [1.29, 1.82) is 0 Å². The normalized spacial score (nSPS) is 12.1. The van der Waals surface area contributed by atoms with E-state index in [-0.39, 0.29) is 11.8 Å². The molecule has 0 saturated carbocycles. The van der Waals surface area contributed by atoms with E-state index in [0.29, 0.717) is 18.7 Å². The van der Waals surface area contributed by atoms with Crippen LogP contribution in [0.5, 0.6) is 0 Å². The van der Waals surface area contributed by atoms with E-state index in [4.69, 9.17) is 0 Å². The van der Waals surface area contributed by atoms with Crippen molar-refractivity contribution >= 4 is 23.6 Å². The van der Waals surface area contributed by atoms with Crippen LogP contribution < -0.4 is 5.32 Å². The van der Waals surface area contributed by atoms with Gasteiger partial charge in [0.2, 0.25) is 11.8 Å². The largest absolute Gasteiger partial charge is 0.350 e. The minimum atomic E-state index is -0.605. The minimum Gasteiger partial charge on any atom is -0.350 e. The zero-order chi connectivity index (χ0) is 24.4. The number of carbonyl (C=O) groups excluding carboxylic acids is 2. The summed E-state index contributed by atoms with van der Waals surface area (Å²) >= 11 is 1.58. The Morgan fingerprint density at radius 3 is 1.82 bits per heavy atom. The smallest absolute Gasteiger partial charge is 0.243 e. The highest BCUT2D eigenvalue weighted by molar-refractivity contribution is 7.99. The molecule has 178 valence electrons. The second kappa shape index (κ2) is 12.4. The standard InChI is InChI=1S/C29H34N2O2S/c1-29(2,3)30-28(33)26(19-23-13-7-4-8-14-23)31(20-24-15-9-5-10-16-24)27(32)22-34-21-25-17-11-6-12-18-25/h4-18,26H,19-22H2,1-3H3,(H,30,33)/t26-/m1/s1. The lowest BCUT2D eigenvalue weighted by atomic mass is 10.0. The van der Waals surface area contributed by atoms with Gasteiger partial charge in [-0.3, -0.25) is 9.59 Å². The molecule has 0 aliphatic carbocycles. The third-order valence-electron chi connectivity index (χ3n) is 5.30. The number of hydrogen-bond acceptors (Lipinski definition) is 3. The number of carbonyl (C=O) groups is 2. The molecule has 2 amide bonds. The van der Waals surface area contributed by atoms with Crippen LogP contribution in [-0.2, 0) is 28.3 Å². The van der Waals surface area contributed by atoms with Gasteiger partial charge in [-0.1, -0.05) is 91.0 Å². The maximum atomic E-state index is 13.6. The number of nitrogens with zero attached hydrogens (tertiary/aromatic N) is 1. The first-order valence-corrected chi connectivity index (χ1v) is 12.8. The van der Waals surface area contributed by atoms with Crippen molar-refractivity contribution in [1.82, 2.24) is 10.2 Å². The lowest BCUT2D eigenvalue weighted by molar-refractivity contribution is -0.140. The van der Waals surface area contributed by atoms with Crippen LogP contribution in [0.3, 0.4) is 0 Å². The van der Waals surface area contributed by atoms with Crippen molar-refractivity contribution in [2.24, 2.45) is 0 Å². The molecule has 0 saturated heterocycles. The Kier molecular flexibility index (Phi) is 9.34. The van der Waals surface area contributed by atoms with Crippen molar-refractivity contribution in [2.45, 2.75) is 51.1 Å². The third-order valence-corrected chi connectivity index (χ3v) is 6.29. The van der Waals surface area contributed by atoms with Gasteiger partial charge in [0, 0.05) is 24.3 Å². The minimum absolute atomic E-state index is 0.0326. The second-order valence-electron chi connectivity index (χ2n) is 9.43. The van der Waals surface area contributed by atoms with Gasteiger partial charge in [0.15, 0.2) is 0 Å². The Hall–Kier alpha value is -3.05. The predicted molar refractivity (Wildman–Crippen MR) is 141 cm³/mol. The van der Waals surface area contributed by atoms with Crippen LogP contribution >= 0.6 is 11.8 Å². The van der Waals surface area contributed by atoms with E-state index in [1.807, 2.05) is 99.6 Å². The van der Waals surface area contributed by atoms with Crippen molar-refractivity contribution < 1.29 is 9.59 Å². The predicted octanol–water partition coefficient (Wildman–Crippen LogP) is 5.47. The van der Waals surface area contributed by atoms with Gasteiger partial charge in [-0.05, 0) is 37.5 Å². The molecule has 0 aliphatic heterocycles. The van der Waals surface area contributed by atoms with Crippen molar-refractivity contribution in [2.75, 3.05) is 5.75 Å². The molecule has 5 heteroatoms. The average Bonchev–Trinajstić information content (AvgIpc) is 2.82. The van der Waals surface area contributed by atoms with Crippen LogP contribution in [0.25, 0.3) is 0 Å². The quantitative estimate of drug-likeness (QED) is 0.424. The Bertz CT molecular complexity index is 1030. The van der Waals surface area contributed by atoms with Gasteiger partial charge in [0.05, 0.1) is 5.75 Å². The molecule has 34 heavy (non-hydrogen) atoms. The van der Waals surface area contributed by atoms with Gasteiger partial charge in [-0.15, -0.1) is 11.8 Å². The zero-order valence-electron chi connectivity index (χ0n) is 20.2. The highest BCUT2D eigenvalue weighted by atomic mass is 32.2. The van der Waals surface area contributed by atoms with Gasteiger partial charge < -0.3 is 10.2 Å². The Balaban J connectivity index is 1.84. The monoisotopic (exact) mass is 474 g/mol. The van der Waals surface area contributed by atoms with Crippen LogP contribution in [0.15, 0.2) is 91.0 Å². The Morgan fingerprint density at radius 2 is 1.29 bits per heavy atom. The van der Waals surface area contributed by atoms with E-state index >= 15 is 0 Å². The highest BCUT2D eigenvalue weighted by Gasteiger charge is 2.32. The van der Waals surface area contributed by atoms with Crippen LogP contribution in [0.2, 0.25) is 0 Å². The summed E-state index contributed by atoms with van der Waals surface area (Å²) in [6.07, 6.45) is 0.463. The lowest BCUT2D eigenvalue weighted by Gasteiger charge is -2.34. The van der Waals surface area contributed by atoms with Crippen LogP contribution in [0.4, 0.5) is 0 Å². The molecule has 0 bridgehead atoms. The summed E-state index contributed by atoms with van der Waals surface area (Å²) in [7, 11) is 0. The van der Waals surface area contributed by atoms with E-state index in [9.17, 15) is 9.59 Å². The molecule has 0 unspecified atom stereocenters. The molecule has 0 spiro atoms. The van der Waals surface area contributed by atoms with Crippen molar-refractivity contribution in [3.63, 3.8) is 0 Å². The summed E-state index contributed by atoms with van der Waals surface area (Å²) in [5, 5.41) is 3.10. The van der Waals surface area contributed by atoms with E-state index in [1.54, 1.807) is 16.7 Å². The van der Waals surface area contributed by atoms with E-state index < -0.39 is 11.6 Å². The van der Waals surface area contributed by atoms with E-state index in [2.05, 4.69) is 17.4 Å². The van der Waals surface area contributed by atoms with E-state index in [1.165, 1.54) is 5.56 Å². The fourth-order valence-electron chi connectivity index (χ4n) is 3.70. The number of rotatable bonds is 10. The number of nitrogens with one attached hydrogen (secondary N) is 1. The molecule has 0 aliphatic rings. The zero-order valence-corrected chi connectivity index (χ0v) is 21.1. The first-order chi connectivity index (χ1) is 16.3. The second-order valence-corrected chi connectivity index (χ2v) is 10.4. The lowest BCUT2D eigenvalue weighted by Crippen LogP contribution is -2.54. The number of thioether (sulfide) groups is 1. The molecule has 4 nitrogen and oxygen atoms in total. The number of hydrogen-bond donors (Lipinski definition) is 1. The summed E-state index contributed by atoms with van der Waals surface area (Å²) in [5.74, 6) is 0.905. The molecule has 0 fully saturated rings. The molecule has 3 aromatic rings.